The first-order valence-corrected chi connectivity index (χ1v) is 5.61. The molecule has 3 nitrogen and oxygen atoms in total. The van der Waals surface area contributed by atoms with Gasteiger partial charge in [0.05, 0.1) is 24.0 Å². The summed E-state index contributed by atoms with van der Waals surface area (Å²) in [7, 11) is 0. The van der Waals surface area contributed by atoms with Crippen molar-refractivity contribution in [3.05, 3.63) is 54.0 Å². The van der Waals surface area contributed by atoms with Crippen molar-refractivity contribution in [2.45, 2.75) is 13.3 Å². The average Bonchev–Trinajstić information content (AvgIpc) is 2.89. The standard InChI is InChI=1S/C14H14O3/c1-2-8-17-13-6-4-3-5-12(13)14(15)11-7-9-16-10-11/h3-7,9-10H,2,8H2,1H3. The molecule has 0 spiro atoms. The SMILES string of the molecule is CCCOc1ccccc1C(=O)c1ccoc1. The largest absolute Gasteiger partial charge is 0.493 e. The molecule has 0 saturated heterocycles. The van der Waals surface area contributed by atoms with Gasteiger partial charge in [-0.3, -0.25) is 4.79 Å². The first-order valence-electron chi connectivity index (χ1n) is 5.61. The maximum atomic E-state index is 12.2. The van der Waals surface area contributed by atoms with Crippen LogP contribution in [0.3, 0.4) is 0 Å². The molecule has 0 fully saturated rings. The Kier molecular flexibility index (Phi) is 3.60. The summed E-state index contributed by atoms with van der Waals surface area (Å²) in [6.45, 7) is 2.64. The number of ketones is 1. The zero-order valence-corrected chi connectivity index (χ0v) is 9.68. The molecule has 1 aromatic heterocycles. The van der Waals surface area contributed by atoms with Gasteiger partial charge in [-0.2, -0.15) is 0 Å². The first kappa shape index (κ1) is 11.5. The molecule has 1 aromatic carbocycles. The number of carbonyl (C=O) groups is 1. The molecule has 17 heavy (non-hydrogen) atoms. The van der Waals surface area contributed by atoms with Crippen LogP contribution in [0.15, 0.2) is 47.3 Å². The van der Waals surface area contributed by atoms with Crippen molar-refractivity contribution in [2.24, 2.45) is 0 Å². The molecule has 1 heterocycles. The second kappa shape index (κ2) is 5.34. The molecule has 0 aliphatic rings. The van der Waals surface area contributed by atoms with Crippen molar-refractivity contribution in [1.29, 1.82) is 0 Å². The third-order valence-electron chi connectivity index (χ3n) is 2.38. The van der Waals surface area contributed by atoms with Crippen molar-refractivity contribution >= 4 is 5.78 Å². The quantitative estimate of drug-likeness (QED) is 0.740. The van der Waals surface area contributed by atoms with E-state index in [9.17, 15) is 4.79 Å². The number of carbonyl (C=O) groups excluding carboxylic acids is 1. The Morgan fingerprint density at radius 3 is 2.82 bits per heavy atom. The van der Waals surface area contributed by atoms with Crippen LogP contribution in [-0.2, 0) is 0 Å². The topological polar surface area (TPSA) is 39.4 Å². The Hall–Kier alpha value is -2.03. The molecule has 2 aromatic rings. The van der Waals surface area contributed by atoms with E-state index in [0.29, 0.717) is 23.5 Å². The number of furan rings is 1. The number of para-hydroxylation sites is 1. The van der Waals surface area contributed by atoms with Crippen LogP contribution >= 0.6 is 0 Å². The molecule has 3 heteroatoms. The van der Waals surface area contributed by atoms with E-state index in [1.165, 1.54) is 12.5 Å². The summed E-state index contributed by atoms with van der Waals surface area (Å²) in [4.78, 5) is 12.2. The summed E-state index contributed by atoms with van der Waals surface area (Å²) < 4.78 is 10.5. The van der Waals surface area contributed by atoms with Crippen LogP contribution in [0.4, 0.5) is 0 Å². The summed E-state index contributed by atoms with van der Waals surface area (Å²) in [5.74, 6) is 0.547. The van der Waals surface area contributed by atoms with Crippen LogP contribution < -0.4 is 4.74 Å². The zero-order valence-electron chi connectivity index (χ0n) is 9.68. The minimum absolute atomic E-state index is 0.0783. The van der Waals surface area contributed by atoms with E-state index in [1.807, 2.05) is 25.1 Å². The van der Waals surface area contributed by atoms with Crippen molar-refractivity contribution in [1.82, 2.24) is 0 Å². The highest BCUT2D eigenvalue weighted by Crippen LogP contribution is 2.21. The van der Waals surface area contributed by atoms with Crippen LogP contribution in [0.1, 0.15) is 29.3 Å². The highest BCUT2D eigenvalue weighted by molar-refractivity contribution is 6.10. The van der Waals surface area contributed by atoms with Gasteiger partial charge in [-0.25, -0.2) is 0 Å². The average molecular weight is 230 g/mol. The summed E-state index contributed by atoms with van der Waals surface area (Å²) in [5, 5.41) is 0. The van der Waals surface area contributed by atoms with Gasteiger partial charge < -0.3 is 9.15 Å². The second-order valence-corrected chi connectivity index (χ2v) is 3.69. The van der Waals surface area contributed by atoms with Gasteiger partial charge in [0.1, 0.15) is 12.0 Å². The minimum atomic E-state index is -0.0783. The van der Waals surface area contributed by atoms with E-state index in [2.05, 4.69) is 0 Å². The molecular formula is C14H14O3. The number of hydrogen-bond donors (Lipinski definition) is 0. The van der Waals surface area contributed by atoms with Crippen molar-refractivity contribution in [3.63, 3.8) is 0 Å². The molecule has 88 valence electrons. The van der Waals surface area contributed by atoms with Gasteiger partial charge in [0, 0.05) is 0 Å². The maximum absolute atomic E-state index is 12.2. The Bertz CT molecular complexity index is 486. The number of rotatable bonds is 5. The fourth-order valence-corrected chi connectivity index (χ4v) is 1.54. The Balaban J connectivity index is 2.28. The highest BCUT2D eigenvalue weighted by Gasteiger charge is 2.14. The van der Waals surface area contributed by atoms with Gasteiger partial charge in [0.15, 0.2) is 5.78 Å². The lowest BCUT2D eigenvalue weighted by molar-refractivity contribution is 0.103. The van der Waals surface area contributed by atoms with Crippen molar-refractivity contribution in [3.8, 4) is 5.75 Å². The van der Waals surface area contributed by atoms with Crippen LogP contribution in [0, 0.1) is 0 Å². The summed E-state index contributed by atoms with van der Waals surface area (Å²) >= 11 is 0. The summed E-state index contributed by atoms with van der Waals surface area (Å²) in [6.07, 6.45) is 3.84. The minimum Gasteiger partial charge on any atom is -0.493 e. The third kappa shape index (κ3) is 2.56. The van der Waals surface area contributed by atoms with Gasteiger partial charge >= 0.3 is 0 Å². The smallest absolute Gasteiger partial charge is 0.199 e. The fraction of sp³-hybridized carbons (Fsp3) is 0.214. The summed E-state index contributed by atoms with van der Waals surface area (Å²) in [5.41, 5.74) is 1.11. The van der Waals surface area contributed by atoms with Crippen LogP contribution in [0.25, 0.3) is 0 Å². The van der Waals surface area contributed by atoms with Crippen molar-refractivity contribution < 1.29 is 13.9 Å². The van der Waals surface area contributed by atoms with E-state index in [1.54, 1.807) is 12.1 Å². The molecule has 2 rings (SSSR count). The van der Waals surface area contributed by atoms with E-state index >= 15 is 0 Å². The molecule has 0 amide bonds. The lowest BCUT2D eigenvalue weighted by atomic mass is 10.1. The predicted molar refractivity (Wildman–Crippen MR) is 64.4 cm³/mol. The van der Waals surface area contributed by atoms with E-state index in [4.69, 9.17) is 9.15 Å². The molecule has 0 saturated carbocycles. The van der Waals surface area contributed by atoms with Crippen LogP contribution in [0.2, 0.25) is 0 Å². The molecule has 0 unspecified atom stereocenters. The van der Waals surface area contributed by atoms with E-state index < -0.39 is 0 Å². The van der Waals surface area contributed by atoms with E-state index in [0.717, 1.165) is 6.42 Å². The molecular weight excluding hydrogens is 216 g/mol. The molecule has 0 aliphatic carbocycles. The number of ether oxygens (including phenoxy) is 1. The van der Waals surface area contributed by atoms with Gasteiger partial charge in [0.25, 0.3) is 0 Å². The number of benzene rings is 1. The first-order chi connectivity index (χ1) is 8.33. The van der Waals surface area contributed by atoms with Crippen LogP contribution in [-0.4, -0.2) is 12.4 Å². The maximum Gasteiger partial charge on any atom is 0.199 e. The number of hydrogen-bond acceptors (Lipinski definition) is 3. The molecule has 0 atom stereocenters. The lowest BCUT2D eigenvalue weighted by Gasteiger charge is -2.08. The normalized spacial score (nSPS) is 10.2. The molecule has 0 N–H and O–H groups in total. The van der Waals surface area contributed by atoms with Crippen molar-refractivity contribution in [2.75, 3.05) is 6.61 Å². The third-order valence-corrected chi connectivity index (χ3v) is 2.38. The highest BCUT2D eigenvalue weighted by atomic mass is 16.5. The van der Waals surface area contributed by atoms with Gasteiger partial charge in [-0.15, -0.1) is 0 Å². The second-order valence-electron chi connectivity index (χ2n) is 3.69. The van der Waals surface area contributed by atoms with E-state index in [-0.39, 0.29) is 5.78 Å². The Labute approximate surface area is 100 Å². The Morgan fingerprint density at radius 2 is 2.12 bits per heavy atom. The lowest BCUT2D eigenvalue weighted by Crippen LogP contribution is -2.05. The molecule has 0 aliphatic heterocycles. The fourth-order valence-electron chi connectivity index (χ4n) is 1.54. The van der Waals surface area contributed by atoms with Crippen LogP contribution in [0.5, 0.6) is 5.75 Å². The predicted octanol–water partition coefficient (Wildman–Crippen LogP) is 3.30. The molecule has 0 radical (unpaired) electrons. The van der Waals surface area contributed by atoms with Gasteiger partial charge in [0.2, 0.25) is 0 Å². The van der Waals surface area contributed by atoms with Gasteiger partial charge in [-0.1, -0.05) is 19.1 Å². The zero-order chi connectivity index (χ0) is 12.1. The van der Waals surface area contributed by atoms with Gasteiger partial charge in [-0.05, 0) is 24.6 Å². The summed E-state index contributed by atoms with van der Waals surface area (Å²) in [6, 6.07) is 8.91. The molecule has 0 bridgehead atoms. The monoisotopic (exact) mass is 230 g/mol. The Morgan fingerprint density at radius 1 is 1.29 bits per heavy atom.